The standard InChI is InChI=1S/C8H19N5.HNO3/c1-4-5-11-8(12-6(2)3)13-7(9)10;2-1(3)4/h6H,4-5H2,1-3H3,(H5,9,10,11,12,13);(H,2,3,4). The van der Waals surface area contributed by atoms with Gasteiger partial charge in [-0.25, -0.2) is 0 Å². The third-order valence-corrected chi connectivity index (χ3v) is 1.18. The fraction of sp³-hybridized carbons (Fsp3) is 0.750. The molecule has 17 heavy (non-hydrogen) atoms. The van der Waals surface area contributed by atoms with Crippen molar-refractivity contribution in [2.24, 2.45) is 10.7 Å². The summed E-state index contributed by atoms with van der Waals surface area (Å²) in [7, 11) is 0. The molecule has 0 aromatic rings. The molecule has 0 unspecified atom stereocenters. The molecule has 6 N–H and O–H groups in total. The molecular weight excluding hydrogens is 228 g/mol. The Labute approximate surface area is 99.7 Å². The van der Waals surface area contributed by atoms with Crippen LogP contribution in [0.25, 0.3) is 0 Å². The van der Waals surface area contributed by atoms with E-state index in [4.69, 9.17) is 26.5 Å². The van der Waals surface area contributed by atoms with Crippen molar-refractivity contribution in [1.82, 2.24) is 10.6 Å². The topological polar surface area (TPSA) is 150 Å². The van der Waals surface area contributed by atoms with Gasteiger partial charge in [-0.2, -0.15) is 0 Å². The molecule has 0 spiro atoms. The molecule has 0 radical (unpaired) electrons. The minimum absolute atomic E-state index is 0.0944. The fourth-order valence-electron chi connectivity index (χ4n) is 0.751. The molecule has 0 saturated heterocycles. The second-order valence-electron chi connectivity index (χ2n) is 3.27. The average Bonchev–Trinajstić information content (AvgIpc) is 2.11. The summed E-state index contributed by atoms with van der Waals surface area (Å²) in [5, 5.41) is 26.4. The lowest BCUT2D eigenvalue weighted by Gasteiger charge is -2.11. The molecular formula is C8H20N6O3. The molecule has 0 aromatic heterocycles. The number of nitrogens with two attached hydrogens (primary N) is 1. The fourth-order valence-corrected chi connectivity index (χ4v) is 0.751. The Kier molecular flexibility index (Phi) is 10.7. The normalized spacial score (nSPS) is 10.2. The highest BCUT2D eigenvalue weighted by Crippen LogP contribution is 1.85. The SMILES string of the molecule is CCCN/C(=N/C(C)C)NC(=N)N.O=[N+]([O-])O. The van der Waals surface area contributed by atoms with E-state index < -0.39 is 5.09 Å². The molecule has 0 bridgehead atoms. The Bertz CT molecular complexity index is 262. The molecule has 9 heteroatoms. The van der Waals surface area contributed by atoms with Gasteiger partial charge < -0.3 is 16.3 Å². The Morgan fingerprint density at radius 1 is 1.65 bits per heavy atom. The summed E-state index contributed by atoms with van der Waals surface area (Å²) in [5.41, 5.74) is 5.19. The Hall–Kier alpha value is -2.06. The van der Waals surface area contributed by atoms with Gasteiger partial charge in [0.05, 0.1) is 0 Å². The number of nitrogens with one attached hydrogen (secondary N) is 3. The molecule has 0 aromatic carbocycles. The van der Waals surface area contributed by atoms with Crippen molar-refractivity contribution < 1.29 is 10.3 Å². The molecule has 0 aliphatic rings. The Balaban J connectivity index is 0. The van der Waals surface area contributed by atoms with Gasteiger partial charge in [-0.1, -0.05) is 6.92 Å². The summed E-state index contributed by atoms with van der Waals surface area (Å²) >= 11 is 0. The van der Waals surface area contributed by atoms with E-state index >= 15 is 0 Å². The average molecular weight is 248 g/mol. The summed E-state index contributed by atoms with van der Waals surface area (Å²) in [6, 6.07) is 0.186. The van der Waals surface area contributed by atoms with Gasteiger partial charge in [-0.15, -0.1) is 10.1 Å². The van der Waals surface area contributed by atoms with Crippen molar-refractivity contribution in [2.75, 3.05) is 6.54 Å². The van der Waals surface area contributed by atoms with E-state index in [1.807, 2.05) is 13.8 Å². The Morgan fingerprint density at radius 3 is 2.41 bits per heavy atom. The van der Waals surface area contributed by atoms with Crippen molar-refractivity contribution in [1.29, 1.82) is 5.41 Å². The lowest BCUT2D eigenvalue weighted by Crippen LogP contribution is -2.44. The number of rotatable bonds is 3. The largest absolute Gasteiger partial charge is 0.370 e. The van der Waals surface area contributed by atoms with Crippen molar-refractivity contribution in [2.45, 2.75) is 33.2 Å². The third-order valence-electron chi connectivity index (χ3n) is 1.18. The van der Waals surface area contributed by atoms with E-state index in [0.717, 1.165) is 13.0 Å². The van der Waals surface area contributed by atoms with Crippen LogP contribution in [-0.2, 0) is 0 Å². The third kappa shape index (κ3) is 20.1. The minimum atomic E-state index is -1.50. The van der Waals surface area contributed by atoms with Gasteiger partial charge >= 0.3 is 0 Å². The van der Waals surface area contributed by atoms with Gasteiger partial charge in [0.1, 0.15) is 0 Å². The van der Waals surface area contributed by atoms with Crippen molar-refractivity contribution in [3.8, 4) is 0 Å². The van der Waals surface area contributed by atoms with Crippen LogP contribution in [0.1, 0.15) is 27.2 Å². The summed E-state index contributed by atoms with van der Waals surface area (Å²) in [4.78, 5) is 12.6. The van der Waals surface area contributed by atoms with E-state index in [1.165, 1.54) is 0 Å². The van der Waals surface area contributed by atoms with Gasteiger partial charge in [0.25, 0.3) is 5.09 Å². The van der Waals surface area contributed by atoms with Crippen LogP contribution in [0.2, 0.25) is 0 Å². The van der Waals surface area contributed by atoms with E-state index in [0.29, 0.717) is 5.96 Å². The van der Waals surface area contributed by atoms with E-state index in [-0.39, 0.29) is 12.0 Å². The van der Waals surface area contributed by atoms with Crippen LogP contribution in [0.4, 0.5) is 0 Å². The maximum absolute atomic E-state index is 8.36. The maximum Gasteiger partial charge on any atom is 0.291 e. The van der Waals surface area contributed by atoms with Gasteiger partial charge in [0.15, 0.2) is 11.9 Å². The van der Waals surface area contributed by atoms with Crippen LogP contribution in [0.5, 0.6) is 0 Å². The van der Waals surface area contributed by atoms with Gasteiger partial charge in [0.2, 0.25) is 0 Å². The number of nitrogens with zero attached hydrogens (tertiary/aromatic N) is 2. The highest BCUT2D eigenvalue weighted by Gasteiger charge is 1.99. The second kappa shape index (κ2) is 10.5. The minimum Gasteiger partial charge on any atom is -0.370 e. The first-order chi connectivity index (χ1) is 7.79. The molecule has 0 aliphatic carbocycles. The predicted octanol–water partition coefficient (Wildman–Crippen LogP) is -0.114. The van der Waals surface area contributed by atoms with Crippen molar-refractivity contribution in [3.63, 3.8) is 0 Å². The number of hydrogen-bond acceptors (Lipinski definition) is 4. The smallest absolute Gasteiger partial charge is 0.291 e. The van der Waals surface area contributed by atoms with Crippen LogP contribution in [-0.4, -0.2) is 34.8 Å². The zero-order valence-corrected chi connectivity index (χ0v) is 10.2. The quantitative estimate of drug-likeness (QED) is 0.203. The maximum atomic E-state index is 8.36. The molecule has 0 aliphatic heterocycles. The monoisotopic (exact) mass is 248 g/mol. The van der Waals surface area contributed by atoms with Crippen LogP contribution < -0.4 is 16.4 Å². The highest BCUT2D eigenvalue weighted by molar-refractivity contribution is 5.96. The van der Waals surface area contributed by atoms with Crippen molar-refractivity contribution in [3.05, 3.63) is 10.1 Å². The predicted molar refractivity (Wildman–Crippen MR) is 64.7 cm³/mol. The second-order valence-corrected chi connectivity index (χ2v) is 3.27. The molecule has 0 saturated carbocycles. The molecule has 100 valence electrons. The van der Waals surface area contributed by atoms with Gasteiger partial charge in [-0.3, -0.25) is 15.7 Å². The lowest BCUT2D eigenvalue weighted by atomic mass is 10.4. The molecule has 0 amide bonds. The molecule has 0 atom stereocenters. The Morgan fingerprint density at radius 2 is 2.12 bits per heavy atom. The van der Waals surface area contributed by atoms with Gasteiger partial charge in [-0.05, 0) is 20.3 Å². The highest BCUT2D eigenvalue weighted by atomic mass is 16.9. The zero-order chi connectivity index (χ0) is 13.8. The van der Waals surface area contributed by atoms with Crippen LogP contribution in [0.15, 0.2) is 4.99 Å². The molecule has 0 fully saturated rings. The zero-order valence-electron chi connectivity index (χ0n) is 10.2. The first-order valence-electron chi connectivity index (χ1n) is 5.05. The van der Waals surface area contributed by atoms with Crippen LogP contribution >= 0.6 is 0 Å². The van der Waals surface area contributed by atoms with Crippen LogP contribution in [0, 0.1) is 15.5 Å². The summed E-state index contributed by atoms with van der Waals surface area (Å²) in [6.07, 6.45) is 1.01. The number of hydrogen-bond donors (Lipinski definition) is 5. The summed E-state index contributed by atoms with van der Waals surface area (Å²) in [5.74, 6) is 0.479. The van der Waals surface area contributed by atoms with Gasteiger partial charge in [0, 0.05) is 12.6 Å². The summed E-state index contributed by atoms with van der Waals surface area (Å²) < 4.78 is 0. The first kappa shape index (κ1) is 17.3. The van der Waals surface area contributed by atoms with Crippen LogP contribution in [0.3, 0.4) is 0 Å². The molecule has 0 heterocycles. The van der Waals surface area contributed by atoms with Crippen molar-refractivity contribution >= 4 is 11.9 Å². The number of guanidine groups is 2. The lowest BCUT2D eigenvalue weighted by molar-refractivity contribution is -0.742. The molecule has 0 rings (SSSR count). The summed E-state index contributed by atoms with van der Waals surface area (Å²) in [6.45, 7) is 6.82. The van der Waals surface area contributed by atoms with E-state index in [9.17, 15) is 0 Å². The van der Waals surface area contributed by atoms with E-state index in [1.54, 1.807) is 0 Å². The first-order valence-corrected chi connectivity index (χ1v) is 5.05. The molecule has 9 nitrogen and oxygen atoms in total. The van der Waals surface area contributed by atoms with E-state index in [2.05, 4.69) is 22.5 Å². The number of aliphatic imine (C=N–C) groups is 1.